The molecule has 0 bridgehead atoms. The van der Waals surface area contributed by atoms with Crippen LogP contribution in [0.5, 0.6) is 0 Å². The summed E-state index contributed by atoms with van der Waals surface area (Å²) in [5, 5.41) is 0. The average molecular weight is 478 g/mol. The zero-order valence-electron chi connectivity index (χ0n) is 16.5. The first-order chi connectivity index (χ1) is 15.0. The van der Waals surface area contributed by atoms with E-state index >= 15 is 0 Å². The molecule has 5 heteroatoms. The number of carbonyl (C=O) groups is 1. The van der Waals surface area contributed by atoms with Crippen LogP contribution in [0.4, 0.5) is 8.78 Å². The van der Waals surface area contributed by atoms with Crippen LogP contribution in [0.15, 0.2) is 83.3 Å². The molecule has 3 aromatic carbocycles. The second kappa shape index (κ2) is 7.89. The molecular formula is C26H18BrF2NO. The minimum absolute atomic E-state index is 0.0397. The van der Waals surface area contributed by atoms with Crippen molar-refractivity contribution in [1.82, 2.24) is 4.57 Å². The van der Waals surface area contributed by atoms with Gasteiger partial charge < -0.3 is 4.57 Å². The van der Waals surface area contributed by atoms with E-state index < -0.39 is 11.6 Å². The van der Waals surface area contributed by atoms with Crippen molar-refractivity contribution in [3.63, 3.8) is 0 Å². The molecule has 0 unspecified atom stereocenters. The summed E-state index contributed by atoms with van der Waals surface area (Å²) < 4.78 is 30.6. The monoisotopic (exact) mass is 477 g/mol. The Kier molecular flexibility index (Phi) is 5.06. The third kappa shape index (κ3) is 3.63. The highest BCUT2D eigenvalue weighted by Crippen LogP contribution is 2.39. The van der Waals surface area contributed by atoms with Gasteiger partial charge in [0, 0.05) is 33.9 Å². The van der Waals surface area contributed by atoms with Crippen molar-refractivity contribution in [2.45, 2.75) is 18.8 Å². The molecule has 31 heavy (non-hydrogen) atoms. The van der Waals surface area contributed by atoms with Crippen LogP contribution in [-0.2, 0) is 6.42 Å². The van der Waals surface area contributed by atoms with E-state index in [4.69, 9.17) is 0 Å². The molecule has 0 amide bonds. The van der Waals surface area contributed by atoms with Gasteiger partial charge in [-0.05, 0) is 53.8 Å². The quantitative estimate of drug-likeness (QED) is 0.308. The van der Waals surface area contributed by atoms with Gasteiger partial charge in [-0.25, -0.2) is 8.78 Å². The Balaban J connectivity index is 1.71. The predicted molar refractivity (Wildman–Crippen MR) is 121 cm³/mol. The number of nitrogens with zero attached hydrogens (tertiary/aromatic N) is 1. The molecule has 1 aromatic heterocycles. The maximum atomic E-state index is 14.1. The van der Waals surface area contributed by atoms with E-state index in [1.54, 1.807) is 6.07 Å². The van der Waals surface area contributed by atoms with Gasteiger partial charge >= 0.3 is 0 Å². The molecule has 154 valence electrons. The molecule has 0 N–H and O–H groups in total. The van der Waals surface area contributed by atoms with E-state index in [-0.39, 0.29) is 11.7 Å². The van der Waals surface area contributed by atoms with Crippen LogP contribution in [0, 0.1) is 11.6 Å². The van der Waals surface area contributed by atoms with Crippen molar-refractivity contribution in [3.05, 3.63) is 112 Å². The van der Waals surface area contributed by atoms with Crippen molar-refractivity contribution in [2.24, 2.45) is 0 Å². The number of aromatic nitrogens is 1. The Morgan fingerprint density at radius 1 is 0.839 bits per heavy atom. The Hall–Kier alpha value is -3.05. The lowest BCUT2D eigenvalue weighted by atomic mass is 9.82. The van der Waals surface area contributed by atoms with Gasteiger partial charge in [-0.3, -0.25) is 4.79 Å². The van der Waals surface area contributed by atoms with Gasteiger partial charge in [-0.15, -0.1) is 0 Å². The highest BCUT2D eigenvalue weighted by molar-refractivity contribution is 9.10. The van der Waals surface area contributed by atoms with Crippen LogP contribution < -0.4 is 0 Å². The van der Waals surface area contributed by atoms with Gasteiger partial charge in [0.2, 0.25) is 0 Å². The molecule has 0 radical (unpaired) electrons. The topological polar surface area (TPSA) is 22.0 Å². The lowest BCUT2D eigenvalue weighted by molar-refractivity contribution is 0.0963. The van der Waals surface area contributed by atoms with Gasteiger partial charge in [0.25, 0.3) is 0 Å². The van der Waals surface area contributed by atoms with Gasteiger partial charge in [0.05, 0.1) is 5.69 Å². The maximum absolute atomic E-state index is 14.1. The summed E-state index contributed by atoms with van der Waals surface area (Å²) in [6, 6.07) is 23.4. The Morgan fingerprint density at radius 2 is 1.58 bits per heavy atom. The molecule has 1 atom stereocenters. The largest absolute Gasteiger partial charge is 0.313 e. The van der Waals surface area contributed by atoms with Crippen LogP contribution in [0.1, 0.15) is 34.0 Å². The first-order valence-corrected chi connectivity index (χ1v) is 10.8. The van der Waals surface area contributed by atoms with E-state index in [0.29, 0.717) is 24.1 Å². The van der Waals surface area contributed by atoms with E-state index in [1.807, 2.05) is 65.2 Å². The SMILES string of the molecule is O=C1C[C@H](c2ccccc2)Cc2c1cc(-c1ccc(Br)cc1)n2-c1ccc(F)c(F)c1. The lowest BCUT2D eigenvalue weighted by Gasteiger charge is -2.24. The standard InChI is InChI=1S/C26H18BrF2NO/c27-19-8-6-17(7-9-19)24-15-21-25(30(24)20-10-11-22(28)23(29)14-20)12-18(13-26(21)31)16-4-2-1-3-5-16/h1-11,14-15,18H,12-13H2/t18-/m1/s1. The summed E-state index contributed by atoms with van der Waals surface area (Å²) in [5.74, 6) is -1.70. The van der Waals surface area contributed by atoms with E-state index in [2.05, 4.69) is 15.9 Å². The molecule has 2 nitrogen and oxygen atoms in total. The Bertz CT molecular complexity index is 1280. The molecule has 0 spiro atoms. The summed E-state index contributed by atoms with van der Waals surface area (Å²) in [5.41, 5.74) is 4.75. The molecule has 0 fully saturated rings. The number of ketones is 1. The van der Waals surface area contributed by atoms with Crippen LogP contribution >= 0.6 is 15.9 Å². The van der Waals surface area contributed by atoms with Crippen molar-refractivity contribution < 1.29 is 13.6 Å². The number of hydrogen-bond acceptors (Lipinski definition) is 1. The molecule has 0 saturated carbocycles. The van der Waals surface area contributed by atoms with Gasteiger partial charge in [-0.2, -0.15) is 0 Å². The number of halogens is 3. The minimum Gasteiger partial charge on any atom is -0.313 e. The van der Waals surface area contributed by atoms with Gasteiger partial charge in [-0.1, -0.05) is 58.4 Å². The van der Waals surface area contributed by atoms with Gasteiger partial charge in [0.15, 0.2) is 17.4 Å². The second-order valence-electron chi connectivity index (χ2n) is 7.77. The number of Topliss-reactive ketones (excluding diaryl/α,β-unsaturated/α-hetero) is 1. The zero-order valence-corrected chi connectivity index (χ0v) is 18.1. The Labute approximate surface area is 187 Å². The molecule has 4 aromatic rings. The van der Waals surface area contributed by atoms with Gasteiger partial charge in [0.1, 0.15) is 0 Å². The summed E-state index contributed by atoms with van der Waals surface area (Å²) in [7, 11) is 0. The fourth-order valence-electron chi connectivity index (χ4n) is 4.35. The summed E-state index contributed by atoms with van der Waals surface area (Å²) in [6.07, 6.45) is 1.07. The smallest absolute Gasteiger partial charge is 0.165 e. The summed E-state index contributed by atoms with van der Waals surface area (Å²) in [4.78, 5) is 13.1. The normalized spacial score (nSPS) is 15.7. The molecule has 0 aliphatic heterocycles. The van der Waals surface area contributed by atoms with E-state index in [9.17, 15) is 13.6 Å². The second-order valence-corrected chi connectivity index (χ2v) is 8.69. The fourth-order valence-corrected chi connectivity index (χ4v) is 4.61. The first-order valence-electron chi connectivity index (χ1n) is 10.1. The van der Waals surface area contributed by atoms with Crippen LogP contribution in [-0.4, -0.2) is 10.4 Å². The molecule has 5 rings (SSSR count). The zero-order chi connectivity index (χ0) is 21.5. The molecule has 0 saturated heterocycles. The molecular weight excluding hydrogens is 460 g/mol. The number of benzene rings is 3. The van der Waals surface area contributed by atoms with E-state index in [0.717, 1.165) is 33.1 Å². The number of hydrogen-bond donors (Lipinski definition) is 0. The van der Waals surface area contributed by atoms with Crippen LogP contribution in [0.3, 0.4) is 0 Å². The fraction of sp³-hybridized carbons (Fsp3) is 0.115. The molecule has 1 aliphatic rings. The number of fused-ring (bicyclic) bond motifs is 1. The Morgan fingerprint density at radius 3 is 2.29 bits per heavy atom. The molecule has 1 aliphatic carbocycles. The highest BCUT2D eigenvalue weighted by atomic mass is 79.9. The third-order valence-corrected chi connectivity index (χ3v) is 6.38. The third-order valence-electron chi connectivity index (χ3n) is 5.85. The number of carbonyl (C=O) groups excluding carboxylic acids is 1. The lowest BCUT2D eigenvalue weighted by Crippen LogP contribution is -2.20. The van der Waals surface area contributed by atoms with Crippen LogP contribution in [0.2, 0.25) is 0 Å². The number of rotatable bonds is 3. The first kappa shape index (κ1) is 19.9. The summed E-state index contributed by atoms with van der Waals surface area (Å²) in [6.45, 7) is 0. The van der Waals surface area contributed by atoms with Crippen molar-refractivity contribution >= 4 is 21.7 Å². The van der Waals surface area contributed by atoms with Crippen molar-refractivity contribution in [3.8, 4) is 16.9 Å². The predicted octanol–water partition coefficient (Wildman–Crippen LogP) is 7.10. The van der Waals surface area contributed by atoms with Crippen molar-refractivity contribution in [1.29, 1.82) is 0 Å². The minimum atomic E-state index is -0.913. The molecule has 1 heterocycles. The van der Waals surface area contributed by atoms with Crippen LogP contribution in [0.25, 0.3) is 16.9 Å². The maximum Gasteiger partial charge on any atom is 0.165 e. The highest BCUT2D eigenvalue weighted by Gasteiger charge is 2.31. The average Bonchev–Trinajstić information content (AvgIpc) is 3.17. The van der Waals surface area contributed by atoms with Crippen molar-refractivity contribution in [2.75, 3.05) is 0 Å². The summed E-state index contributed by atoms with van der Waals surface area (Å²) >= 11 is 3.45. The van der Waals surface area contributed by atoms with E-state index in [1.165, 1.54) is 6.07 Å².